The molecule has 0 aromatic rings. The quantitative estimate of drug-likeness (QED) is 0.542. The zero-order valence-electron chi connectivity index (χ0n) is 12.1. The van der Waals surface area contributed by atoms with Gasteiger partial charge in [-0.25, -0.2) is 0 Å². The fourth-order valence-electron chi connectivity index (χ4n) is 2.36. The summed E-state index contributed by atoms with van der Waals surface area (Å²) in [5.41, 5.74) is 1.30. The molecule has 2 N–H and O–H groups in total. The highest BCUT2D eigenvalue weighted by molar-refractivity contribution is 4.94. The van der Waals surface area contributed by atoms with E-state index in [0.29, 0.717) is 19.3 Å². The van der Waals surface area contributed by atoms with E-state index in [-0.39, 0.29) is 0 Å². The van der Waals surface area contributed by atoms with Crippen molar-refractivity contribution >= 4 is 0 Å². The second kappa shape index (κ2) is 8.68. The molecular weight excluding hydrogens is 226 g/mol. The molecule has 1 aliphatic rings. The zero-order chi connectivity index (χ0) is 13.4. The van der Waals surface area contributed by atoms with Crippen LogP contribution >= 0.6 is 0 Å². The third-order valence-corrected chi connectivity index (χ3v) is 3.45. The third-order valence-electron chi connectivity index (χ3n) is 3.45. The lowest BCUT2D eigenvalue weighted by molar-refractivity contribution is -0.0303. The fourth-order valence-corrected chi connectivity index (χ4v) is 2.36. The lowest BCUT2D eigenvalue weighted by Gasteiger charge is -2.27. The molecule has 1 rings (SSSR count). The van der Waals surface area contributed by atoms with Crippen LogP contribution in [-0.2, 0) is 4.74 Å². The van der Waals surface area contributed by atoms with Crippen LogP contribution in [-0.4, -0.2) is 37.0 Å². The molecule has 3 unspecified atom stereocenters. The van der Waals surface area contributed by atoms with Gasteiger partial charge in [0.25, 0.3) is 0 Å². The molecule has 0 radical (unpaired) electrons. The zero-order valence-corrected chi connectivity index (χ0v) is 12.1. The maximum absolute atomic E-state index is 9.80. The van der Waals surface area contributed by atoms with E-state index in [9.17, 15) is 5.11 Å². The summed E-state index contributed by atoms with van der Waals surface area (Å²) in [5.74, 6) is 0.775. The maximum atomic E-state index is 9.80. The van der Waals surface area contributed by atoms with Gasteiger partial charge in [0.05, 0.1) is 18.8 Å². The molecule has 0 aromatic carbocycles. The Bertz CT molecular complexity index is 249. The van der Waals surface area contributed by atoms with Gasteiger partial charge in [0.2, 0.25) is 0 Å². The Balaban J connectivity index is 2.05. The molecule has 0 aliphatic heterocycles. The van der Waals surface area contributed by atoms with E-state index in [2.05, 4.69) is 32.2 Å². The molecule has 106 valence electrons. The second-order valence-corrected chi connectivity index (χ2v) is 5.82. The van der Waals surface area contributed by atoms with Crippen molar-refractivity contribution < 1.29 is 9.84 Å². The van der Waals surface area contributed by atoms with Crippen molar-refractivity contribution in [1.82, 2.24) is 5.32 Å². The van der Waals surface area contributed by atoms with E-state index in [0.717, 1.165) is 25.3 Å². The van der Waals surface area contributed by atoms with Crippen molar-refractivity contribution in [2.75, 3.05) is 19.7 Å². The molecule has 0 heterocycles. The number of hydrogen-bond donors (Lipinski definition) is 2. The first-order chi connectivity index (χ1) is 8.58. The van der Waals surface area contributed by atoms with Crippen LogP contribution in [0.25, 0.3) is 0 Å². The molecule has 3 heteroatoms. The summed E-state index contributed by atoms with van der Waals surface area (Å²) in [4.78, 5) is 0. The number of ether oxygens (including phenoxy) is 1. The number of aliphatic hydroxyl groups excluding tert-OH is 1. The minimum Gasteiger partial charge on any atom is -0.389 e. The third kappa shape index (κ3) is 7.14. The lowest BCUT2D eigenvalue weighted by Crippen LogP contribution is -2.33. The van der Waals surface area contributed by atoms with Crippen molar-refractivity contribution in [2.45, 2.75) is 58.7 Å². The van der Waals surface area contributed by atoms with Crippen LogP contribution in [0.1, 0.15) is 46.5 Å². The van der Waals surface area contributed by atoms with E-state index in [1.54, 1.807) is 0 Å². The predicted molar refractivity (Wildman–Crippen MR) is 75.7 cm³/mol. The SMILES string of the molecule is CC(C)=CCNCC(O)COC1CCCC(C)C1. The minimum absolute atomic E-state index is 0.362. The van der Waals surface area contributed by atoms with Gasteiger partial charge in [-0.3, -0.25) is 0 Å². The minimum atomic E-state index is -0.396. The van der Waals surface area contributed by atoms with Gasteiger partial charge in [0.1, 0.15) is 0 Å². The number of nitrogens with one attached hydrogen (secondary N) is 1. The Morgan fingerprint density at radius 3 is 2.89 bits per heavy atom. The van der Waals surface area contributed by atoms with Crippen LogP contribution in [0.5, 0.6) is 0 Å². The molecule has 0 spiro atoms. The van der Waals surface area contributed by atoms with E-state index >= 15 is 0 Å². The Morgan fingerprint density at radius 1 is 1.44 bits per heavy atom. The van der Waals surface area contributed by atoms with Crippen LogP contribution in [0, 0.1) is 5.92 Å². The molecule has 1 saturated carbocycles. The van der Waals surface area contributed by atoms with Crippen LogP contribution in [0.4, 0.5) is 0 Å². The molecule has 18 heavy (non-hydrogen) atoms. The average molecular weight is 255 g/mol. The molecule has 1 aliphatic carbocycles. The Kier molecular flexibility index (Phi) is 7.56. The molecule has 0 bridgehead atoms. The standard InChI is InChI=1S/C15H29NO2/c1-12(2)7-8-16-10-14(17)11-18-15-6-4-5-13(3)9-15/h7,13-17H,4-6,8-11H2,1-3H3. The van der Waals surface area contributed by atoms with Crippen LogP contribution in [0.2, 0.25) is 0 Å². The van der Waals surface area contributed by atoms with Crippen molar-refractivity contribution in [2.24, 2.45) is 5.92 Å². The van der Waals surface area contributed by atoms with Crippen molar-refractivity contribution in [3.05, 3.63) is 11.6 Å². The number of rotatable bonds is 7. The van der Waals surface area contributed by atoms with Gasteiger partial charge in [0.15, 0.2) is 0 Å². The molecular formula is C15H29NO2. The highest BCUT2D eigenvalue weighted by Crippen LogP contribution is 2.25. The summed E-state index contributed by atoms with van der Waals surface area (Å²) < 4.78 is 5.79. The van der Waals surface area contributed by atoms with E-state index < -0.39 is 6.10 Å². The lowest BCUT2D eigenvalue weighted by atomic mass is 9.89. The van der Waals surface area contributed by atoms with Crippen LogP contribution < -0.4 is 5.32 Å². The monoisotopic (exact) mass is 255 g/mol. The first kappa shape index (κ1) is 15.7. The second-order valence-electron chi connectivity index (χ2n) is 5.82. The van der Waals surface area contributed by atoms with Gasteiger partial charge in [-0.05, 0) is 32.6 Å². The molecule has 3 atom stereocenters. The summed E-state index contributed by atoms with van der Waals surface area (Å²) in [7, 11) is 0. The Hall–Kier alpha value is -0.380. The molecule has 3 nitrogen and oxygen atoms in total. The summed E-state index contributed by atoms with van der Waals surface area (Å²) in [5, 5.41) is 13.0. The first-order valence-corrected chi connectivity index (χ1v) is 7.21. The largest absolute Gasteiger partial charge is 0.389 e. The van der Waals surface area contributed by atoms with Gasteiger partial charge in [0, 0.05) is 13.1 Å². The van der Waals surface area contributed by atoms with Crippen LogP contribution in [0.15, 0.2) is 11.6 Å². The summed E-state index contributed by atoms with van der Waals surface area (Å²) in [6.45, 7) is 8.31. The van der Waals surface area contributed by atoms with Gasteiger partial charge in [-0.2, -0.15) is 0 Å². The topological polar surface area (TPSA) is 41.5 Å². The fraction of sp³-hybridized carbons (Fsp3) is 0.867. The first-order valence-electron chi connectivity index (χ1n) is 7.21. The van der Waals surface area contributed by atoms with Gasteiger partial charge in [-0.1, -0.05) is 31.4 Å². The van der Waals surface area contributed by atoms with Gasteiger partial charge >= 0.3 is 0 Å². The van der Waals surface area contributed by atoms with Crippen LogP contribution in [0.3, 0.4) is 0 Å². The number of allylic oxidation sites excluding steroid dienone is 1. The number of hydrogen-bond acceptors (Lipinski definition) is 3. The summed E-state index contributed by atoms with van der Waals surface area (Å²) in [6.07, 6.45) is 6.98. The smallest absolute Gasteiger partial charge is 0.0897 e. The van der Waals surface area contributed by atoms with E-state index in [4.69, 9.17) is 4.74 Å². The number of aliphatic hydroxyl groups is 1. The predicted octanol–water partition coefficient (Wildman–Crippen LogP) is 2.50. The Labute approximate surface area is 112 Å². The molecule has 0 aromatic heterocycles. The van der Waals surface area contributed by atoms with Gasteiger partial charge < -0.3 is 15.2 Å². The summed E-state index contributed by atoms with van der Waals surface area (Å²) in [6, 6.07) is 0. The van der Waals surface area contributed by atoms with Crippen molar-refractivity contribution in [3.8, 4) is 0 Å². The van der Waals surface area contributed by atoms with E-state index in [1.165, 1.54) is 18.4 Å². The Morgan fingerprint density at radius 2 is 2.22 bits per heavy atom. The highest BCUT2D eigenvalue weighted by atomic mass is 16.5. The summed E-state index contributed by atoms with van der Waals surface area (Å²) >= 11 is 0. The molecule has 1 fully saturated rings. The highest BCUT2D eigenvalue weighted by Gasteiger charge is 2.20. The van der Waals surface area contributed by atoms with E-state index in [1.807, 2.05) is 0 Å². The molecule has 0 saturated heterocycles. The molecule has 0 amide bonds. The average Bonchev–Trinajstić information content (AvgIpc) is 2.32. The normalized spacial score (nSPS) is 25.8. The van der Waals surface area contributed by atoms with Gasteiger partial charge in [-0.15, -0.1) is 0 Å². The maximum Gasteiger partial charge on any atom is 0.0897 e. The van der Waals surface area contributed by atoms with Crippen molar-refractivity contribution in [3.63, 3.8) is 0 Å². The van der Waals surface area contributed by atoms with Crippen molar-refractivity contribution in [1.29, 1.82) is 0 Å².